The van der Waals surface area contributed by atoms with Gasteiger partial charge in [-0.05, 0) is 19.2 Å². The molecule has 1 aliphatic rings. The van der Waals surface area contributed by atoms with Gasteiger partial charge in [-0.25, -0.2) is 4.98 Å². The molecule has 0 saturated carbocycles. The summed E-state index contributed by atoms with van der Waals surface area (Å²) < 4.78 is 0. The summed E-state index contributed by atoms with van der Waals surface area (Å²) in [6.07, 6.45) is 1.51. The van der Waals surface area contributed by atoms with E-state index in [1.165, 1.54) is 6.20 Å². The highest BCUT2D eigenvalue weighted by molar-refractivity contribution is 6.01. The molecule has 0 spiro atoms. The number of piperazine rings is 1. The molecule has 2 aromatic rings. The maximum Gasteiger partial charge on any atom is 0.266 e. The van der Waals surface area contributed by atoms with E-state index in [0.717, 1.165) is 13.1 Å². The average Bonchev–Trinajstić information content (AvgIpc) is 2.48. The Kier molecular flexibility index (Phi) is 3.34. The van der Waals surface area contributed by atoms with Crippen molar-refractivity contribution in [3.8, 4) is 5.75 Å². The molecule has 0 bridgehead atoms. The smallest absolute Gasteiger partial charge is 0.266 e. The predicted octanol–water partition coefficient (Wildman–Crippen LogP) is 0.0163. The lowest BCUT2D eigenvalue weighted by Gasteiger charge is -2.32. The second-order valence-electron chi connectivity index (χ2n) is 5.17. The number of aromatic hydroxyl groups is 1. The van der Waals surface area contributed by atoms with Gasteiger partial charge in [0.15, 0.2) is 0 Å². The molecular weight excluding hydrogens is 272 g/mol. The fourth-order valence-corrected chi connectivity index (χ4v) is 2.47. The van der Waals surface area contributed by atoms with Crippen LogP contribution in [0.15, 0.2) is 23.1 Å². The number of amides is 1. The number of nitrogens with zero attached hydrogens (tertiary/aromatic N) is 3. The highest BCUT2D eigenvalue weighted by Crippen LogP contribution is 2.24. The highest BCUT2D eigenvalue weighted by Gasteiger charge is 2.26. The minimum Gasteiger partial charge on any atom is -0.506 e. The standard InChI is InChI=1S/C14H16N4O3/c1-17-5-7-18(8-6-17)14(21)10-11(19)9-3-2-4-15-12(9)16-13(10)20/h2-4H,5-8H2,1H3,(H2,15,16,19,20). The third kappa shape index (κ3) is 2.36. The van der Waals surface area contributed by atoms with Crippen LogP contribution in [0.25, 0.3) is 11.0 Å². The van der Waals surface area contributed by atoms with Crippen LogP contribution < -0.4 is 5.56 Å². The van der Waals surface area contributed by atoms with E-state index in [-0.39, 0.29) is 17.0 Å². The van der Waals surface area contributed by atoms with E-state index in [2.05, 4.69) is 14.9 Å². The van der Waals surface area contributed by atoms with Crippen molar-refractivity contribution in [2.75, 3.05) is 33.2 Å². The maximum atomic E-state index is 12.5. The van der Waals surface area contributed by atoms with Crippen molar-refractivity contribution in [3.63, 3.8) is 0 Å². The summed E-state index contributed by atoms with van der Waals surface area (Å²) in [6.45, 7) is 2.58. The van der Waals surface area contributed by atoms with Crippen LogP contribution in [0.5, 0.6) is 5.75 Å². The Morgan fingerprint density at radius 2 is 2.05 bits per heavy atom. The summed E-state index contributed by atoms with van der Waals surface area (Å²) in [6, 6.07) is 3.26. The van der Waals surface area contributed by atoms with Crippen molar-refractivity contribution in [1.29, 1.82) is 0 Å². The molecular formula is C14H16N4O3. The number of carbonyl (C=O) groups excluding carboxylic acids is 1. The molecule has 1 fully saturated rings. The van der Waals surface area contributed by atoms with Crippen molar-refractivity contribution in [3.05, 3.63) is 34.2 Å². The monoisotopic (exact) mass is 288 g/mol. The minimum atomic E-state index is -0.609. The molecule has 7 heteroatoms. The summed E-state index contributed by atoms with van der Waals surface area (Å²) in [5.74, 6) is -0.738. The topological polar surface area (TPSA) is 89.5 Å². The Labute approximate surface area is 120 Å². The molecule has 1 amide bonds. The molecule has 7 nitrogen and oxygen atoms in total. The first-order valence-electron chi connectivity index (χ1n) is 6.75. The third-order valence-electron chi connectivity index (χ3n) is 3.76. The second-order valence-corrected chi connectivity index (χ2v) is 5.17. The van der Waals surface area contributed by atoms with Crippen molar-refractivity contribution < 1.29 is 9.90 Å². The van der Waals surface area contributed by atoms with Crippen molar-refractivity contribution >= 4 is 16.9 Å². The molecule has 21 heavy (non-hydrogen) atoms. The fraction of sp³-hybridized carbons (Fsp3) is 0.357. The molecule has 3 heterocycles. The molecule has 0 radical (unpaired) electrons. The molecule has 0 unspecified atom stereocenters. The molecule has 0 aromatic carbocycles. The first-order chi connectivity index (χ1) is 10.1. The Morgan fingerprint density at radius 3 is 2.76 bits per heavy atom. The number of carbonyl (C=O) groups is 1. The van der Waals surface area contributed by atoms with E-state index in [4.69, 9.17) is 0 Å². The van der Waals surface area contributed by atoms with E-state index in [0.29, 0.717) is 18.5 Å². The molecule has 2 N–H and O–H groups in total. The Bertz CT molecular complexity index is 747. The number of hydrogen-bond acceptors (Lipinski definition) is 5. The van der Waals surface area contributed by atoms with Crippen LogP contribution in [0.1, 0.15) is 10.4 Å². The van der Waals surface area contributed by atoms with Crippen molar-refractivity contribution in [1.82, 2.24) is 19.8 Å². The van der Waals surface area contributed by atoms with Crippen LogP contribution in [0, 0.1) is 0 Å². The van der Waals surface area contributed by atoms with E-state index in [1.54, 1.807) is 17.0 Å². The van der Waals surface area contributed by atoms with Crippen molar-refractivity contribution in [2.45, 2.75) is 0 Å². The van der Waals surface area contributed by atoms with Gasteiger partial charge in [-0.3, -0.25) is 9.59 Å². The van der Waals surface area contributed by atoms with Gasteiger partial charge < -0.3 is 19.9 Å². The zero-order valence-corrected chi connectivity index (χ0v) is 11.7. The summed E-state index contributed by atoms with van der Waals surface area (Å²) in [5.41, 5.74) is -0.544. The highest BCUT2D eigenvalue weighted by atomic mass is 16.3. The molecule has 2 aromatic heterocycles. The number of aromatic nitrogens is 2. The van der Waals surface area contributed by atoms with E-state index in [1.807, 2.05) is 7.05 Å². The van der Waals surface area contributed by atoms with Gasteiger partial charge in [0.2, 0.25) is 0 Å². The average molecular weight is 288 g/mol. The van der Waals surface area contributed by atoms with Gasteiger partial charge in [-0.1, -0.05) is 0 Å². The second kappa shape index (κ2) is 5.17. The summed E-state index contributed by atoms with van der Waals surface area (Å²) >= 11 is 0. The number of aromatic amines is 1. The first kappa shape index (κ1) is 13.6. The summed E-state index contributed by atoms with van der Waals surface area (Å²) in [5, 5.41) is 10.6. The SMILES string of the molecule is CN1CCN(C(=O)c2c(O)c3cccnc3[nH]c2=O)CC1. The number of fused-ring (bicyclic) bond motifs is 1. The normalized spacial score (nSPS) is 16.3. The van der Waals surface area contributed by atoms with E-state index in [9.17, 15) is 14.7 Å². The molecule has 0 atom stereocenters. The van der Waals surface area contributed by atoms with Crippen LogP contribution in [-0.4, -0.2) is 64.0 Å². The zero-order chi connectivity index (χ0) is 15.0. The third-order valence-corrected chi connectivity index (χ3v) is 3.76. The molecule has 110 valence electrons. The fourth-order valence-electron chi connectivity index (χ4n) is 2.47. The van der Waals surface area contributed by atoms with Gasteiger partial charge in [0.1, 0.15) is 17.0 Å². The van der Waals surface area contributed by atoms with Gasteiger partial charge in [-0.15, -0.1) is 0 Å². The van der Waals surface area contributed by atoms with Crippen LogP contribution in [0.4, 0.5) is 0 Å². The maximum absolute atomic E-state index is 12.5. The van der Waals surface area contributed by atoms with Gasteiger partial charge in [0.25, 0.3) is 11.5 Å². The van der Waals surface area contributed by atoms with Gasteiger partial charge >= 0.3 is 0 Å². The lowest BCUT2D eigenvalue weighted by molar-refractivity contribution is 0.0659. The minimum absolute atomic E-state index is 0.208. The molecule has 0 aliphatic carbocycles. The molecule has 3 rings (SSSR count). The number of H-pyrrole nitrogens is 1. The van der Waals surface area contributed by atoms with Crippen molar-refractivity contribution in [2.24, 2.45) is 0 Å². The summed E-state index contributed by atoms with van der Waals surface area (Å²) in [7, 11) is 1.98. The Balaban J connectivity index is 2.04. The Hall–Kier alpha value is -2.41. The van der Waals surface area contributed by atoms with Crippen LogP contribution in [-0.2, 0) is 0 Å². The molecule has 1 aliphatic heterocycles. The van der Waals surface area contributed by atoms with E-state index < -0.39 is 11.5 Å². The number of hydrogen-bond donors (Lipinski definition) is 2. The van der Waals surface area contributed by atoms with Gasteiger partial charge in [-0.2, -0.15) is 0 Å². The van der Waals surface area contributed by atoms with Gasteiger partial charge in [0, 0.05) is 32.4 Å². The number of pyridine rings is 2. The number of likely N-dealkylation sites (N-methyl/N-ethyl adjacent to an activating group) is 1. The number of rotatable bonds is 1. The van der Waals surface area contributed by atoms with Crippen LogP contribution in [0.3, 0.4) is 0 Å². The van der Waals surface area contributed by atoms with E-state index >= 15 is 0 Å². The van der Waals surface area contributed by atoms with Gasteiger partial charge in [0.05, 0.1) is 5.39 Å². The Morgan fingerprint density at radius 1 is 1.33 bits per heavy atom. The van der Waals surface area contributed by atoms with Crippen LogP contribution >= 0.6 is 0 Å². The molecule has 1 saturated heterocycles. The zero-order valence-electron chi connectivity index (χ0n) is 11.7. The quantitative estimate of drug-likeness (QED) is 0.772. The van der Waals surface area contributed by atoms with Crippen LogP contribution in [0.2, 0.25) is 0 Å². The number of nitrogens with one attached hydrogen (secondary N) is 1. The predicted molar refractivity (Wildman–Crippen MR) is 77.4 cm³/mol. The largest absolute Gasteiger partial charge is 0.506 e. The lowest BCUT2D eigenvalue weighted by Crippen LogP contribution is -2.48. The first-order valence-corrected chi connectivity index (χ1v) is 6.75. The summed E-state index contributed by atoms with van der Waals surface area (Å²) in [4.78, 5) is 34.8. The lowest BCUT2D eigenvalue weighted by atomic mass is 10.1.